The molecule has 142 valence electrons. The lowest BCUT2D eigenvalue weighted by Crippen LogP contribution is -2.56. The number of nitrogens with zero attached hydrogens (tertiary/aromatic N) is 2. The van der Waals surface area contributed by atoms with Crippen LogP contribution in [0.1, 0.15) is 25.3 Å². The van der Waals surface area contributed by atoms with Crippen molar-refractivity contribution in [2.24, 2.45) is 0 Å². The standard InChI is InChI=1S/C18H23FN2O4S/c1-2-21-12-18-11-20(10-14(25-18)9-16(18)26(21,23)24)17(22)8-7-13-5-3-4-6-15(13)19/h3-6,14,16H,2,7-12H2,1H3/t14-,16+,18?/m1/s1. The molecule has 0 aliphatic carbocycles. The minimum Gasteiger partial charge on any atom is -0.365 e. The zero-order chi connectivity index (χ0) is 18.5. The van der Waals surface area contributed by atoms with Crippen LogP contribution in [-0.2, 0) is 26.0 Å². The Morgan fingerprint density at radius 1 is 1.35 bits per heavy atom. The summed E-state index contributed by atoms with van der Waals surface area (Å²) in [6.45, 7) is 3.24. The van der Waals surface area contributed by atoms with E-state index in [9.17, 15) is 17.6 Å². The second-order valence-corrected chi connectivity index (χ2v) is 9.48. The highest BCUT2D eigenvalue weighted by molar-refractivity contribution is 7.90. The van der Waals surface area contributed by atoms with Gasteiger partial charge in [-0.2, -0.15) is 4.31 Å². The highest BCUT2D eigenvalue weighted by atomic mass is 32.2. The molecule has 6 nitrogen and oxygen atoms in total. The summed E-state index contributed by atoms with van der Waals surface area (Å²) >= 11 is 0. The third kappa shape index (κ3) is 2.75. The molecule has 3 fully saturated rings. The first-order chi connectivity index (χ1) is 12.4. The Kier molecular flexibility index (Phi) is 4.32. The van der Waals surface area contributed by atoms with Gasteiger partial charge in [0.05, 0.1) is 12.6 Å². The minimum absolute atomic E-state index is 0.0751. The Morgan fingerprint density at radius 2 is 2.12 bits per heavy atom. The maximum Gasteiger partial charge on any atom is 0.223 e. The van der Waals surface area contributed by atoms with Crippen LogP contribution in [0.4, 0.5) is 4.39 Å². The van der Waals surface area contributed by atoms with Crippen molar-refractivity contribution < 1.29 is 22.3 Å². The van der Waals surface area contributed by atoms with Gasteiger partial charge in [0.15, 0.2) is 0 Å². The van der Waals surface area contributed by atoms with Gasteiger partial charge in [-0.1, -0.05) is 25.1 Å². The molecule has 4 rings (SSSR count). The van der Waals surface area contributed by atoms with Crippen molar-refractivity contribution >= 4 is 15.9 Å². The molecule has 26 heavy (non-hydrogen) atoms. The molecule has 1 aromatic carbocycles. The highest BCUT2D eigenvalue weighted by Crippen LogP contribution is 2.46. The zero-order valence-corrected chi connectivity index (χ0v) is 15.5. The Labute approximate surface area is 153 Å². The maximum atomic E-state index is 13.7. The Bertz CT molecular complexity index is 830. The van der Waals surface area contributed by atoms with E-state index in [0.29, 0.717) is 44.6 Å². The fourth-order valence-electron chi connectivity index (χ4n) is 4.53. The van der Waals surface area contributed by atoms with Crippen LogP contribution in [0.5, 0.6) is 0 Å². The second-order valence-electron chi connectivity index (χ2n) is 7.37. The number of hydrogen-bond donors (Lipinski definition) is 0. The largest absolute Gasteiger partial charge is 0.365 e. The van der Waals surface area contributed by atoms with E-state index in [1.807, 2.05) is 6.92 Å². The smallest absolute Gasteiger partial charge is 0.223 e. The fourth-order valence-corrected chi connectivity index (χ4v) is 6.85. The van der Waals surface area contributed by atoms with E-state index in [1.54, 1.807) is 23.1 Å². The molecule has 3 aliphatic rings. The van der Waals surface area contributed by atoms with E-state index in [-0.39, 0.29) is 24.2 Å². The normalized spacial score (nSPS) is 32.6. The van der Waals surface area contributed by atoms with Crippen LogP contribution in [0, 0.1) is 5.82 Å². The van der Waals surface area contributed by atoms with E-state index < -0.39 is 20.9 Å². The summed E-state index contributed by atoms with van der Waals surface area (Å²) in [5, 5.41) is -0.565. The number of benzene rings is 1. The van der Waals surface area contributed by atoms with Gasteiger partial charge in [-0.05, 0) is 24.5 Å². The molecule has 0 saturated carbocycles. The number of ether oxygens (including phenoxy) is 1. The van der Waals surface area contributed by atoms with Gasteiger partial charge in [0.25, 0.3) is 0 Å². The quantitative estimate of drug-likeness (QED) is 0.784. The summed E-state index contributed by atoms with van der Waals surface area (Å²) in [6, 6.07) is 6.45. The molecule has 1 spiro atoms. The lowest BCUT2D eigenvalue weighted by atomic mass is 9.99. The molecule has 2 bridgehead atoms. The first-order valence-corrected chi connectivity index (χ1v) is 10.5. The highest BCUT2D eigenvalue weighted by Gasteiger charge is 2.65. The number of rotatable bonds is 4. The lowest BCUT2D eigenvalue weighted by Gasteiger charge is -2.39. The predicted molar refractivity (Wildman–Crippen MR) is 93.5 cm³/mol. The molecular weight excluding hydrogens is 359 g/mol. The summed E-state index contributed by atoms with van der Waals surface area (Å²) in [5.74, 6) is -0.379. The zero-order valence-electron chi connectivity index (χ0n) is 14.7. The van der Waals surface area contributed by atoms with E-state index in [0.717, 1.165) is 0 Å². The van der Waals surface area contributed by atoms with Gasteiger partial charge in [-0.15, -0.1) is 0 Å². The Balaban J connectivity index is 1.47. The van der Waals surface area contributed by atoms with Gasteiger partial charge < -0.3 is 9.64 Å². The van der Waals surface area contributed by atoms with Crippen LogP contribution in [0.15, 0.2) is 24.3 Å². The molecule has 0 N–H and O–H groups in total. The third-order valence-corrected chi connectivity index (χ3v) is 8.23. The monoisotopic (exact) mass is 382 g/mol. The number of carbonyl (C=O) groups is 1. The maximum absolute atomic E-state index is 13.7. The molecule has 0 radical (unpaired) electrons. The summed E-state index contributed by atoms with van der Waals surface area (Å²) < 4.78 is 46.6. The number of sulfonamides is 1. The predicted octanol–water partition coefficient (Wildman–Crippen LogP) is 1.16. The van der Waals surface area contributed by atoms with Crippen molar-refractivity contribution in [2.75, 3.05) is 26.2 Å². The summed E-state index contributed by atoms with van der Waals surface area (Å²) in [4.78, 5) is 14.4. The number of likely N-dealkylation sites (N-methyl/N-ethyl adjacent to an activating group) is 1. The number of hydrogen-bond acceptors (Lipinski definition) is 4. The second kappa shape index (κ2) is 6.28. The van der Waals surface area contributed by atoms with Crippen LogP contribution in [0.3, 0.4) is 0 Å². The van der Waals surface area contributed by atoms with Gasteiger partial charge in [0.2, 0.25) is 15.9 Å². The topological polar surface area (TPSA) is 66.9 Å². The van der Waals surface area contributed by atoms with Crippen molar-refractivity contribution in [3.63, 3.8) is 0 Å². The lowest BCUT2D eigenvalue weighted by molar-refractivity contribution is -0.150. The number of fused-ring (bicyclic) bond motifs is 1. The van der Waals surface area contributed by atoms with Crippen LogP contribution >= 0.6 is 0 Å². The van der Waals surface area contributed by atoms with E-state index in [1.165, 1.54) is 10.4 Å². The van der Waals surface area contributed by atoms with E-state index >= 15 is 0 Å². The van der Waals surface area contributed by atoms with Crippen molar-refractivity contribution in [1.29, 1.82) is 0 Å². The molecule has 1 unspecified atom stereocenters. The van der Waals surface area contributed by atoms with Crippen LogP contribution in [0.2, 0.25) is 0 Å². The van der Waals surface area contributed by atoms with Gasteiger partial charge in [0.1, 0.15) is 16.7 Å². The number of halogens is 1. The van der Waals surface area contributed by atoms with Crippen LogP contribution in [0.25, 0.3) is 0 Å². The Hall–Kier alpha value is -1.51. The van der Waals surface area contributed by atoms with E-state index in [4.69, 9.17) is 4.74 Å². The number of carbonyl (C=O) groups excluding carboxylic acids is 1. The van der Waals surface area contributed by atoms with Crippen LogP contribution in [-0.4, -0.2) is 66.7 Å². The summed E-state index contributed by atoms with van der Waals surface area (Å²) in [7, 11) is -3.37. The molecule has 3 heterocycles. The first-order valence-electron chi connectivity index (χ1n) is 9.04. The average Bonchev–Trinajstić information content (AvgIpc) is 2.99. The number of aryl methyl sites for hydroxylation is 1. The molecule has 1 aromatic rings. The SMILES string of the molecule is CCN1CC23CN(C(=O)CCc4ccccc4F)C[C@@H](C[C@@H]2S1(=O)=O)O3. The third-order valence-electron chi connectivity index (χ3n) is 5.78. The van der Waals surface area contributed by atoms with Gasteiger partial charge in [-0.3, -0.25) is 4.79 Å². The van der Waals surface area contributed by atoms with Crippen LogP contribution < -0.4 is 0 Å². The first kappa shape index (κ1) is 17.9. The van der Waals surface area contributed by atoms with Crippen molar-refractivity contribution in [1.82, 2.24) is 9.21 Å². The number of amides is 1. The van der Waals surface area contributed by atoms with Gasteiger partial charge in [0, 0.05) is 26.1 Å². The van der Waals surface area contributed by atoms with Gasteiger partial charge in [-0.25, -0.2) is 12.8 Å². The molecule has 0 aromatic heterocycles. The molecule has 3 atom stereocenters. The molecule has 3 aliphatic heterocycles. The average molecular weight is 382 g/mol. The molecular formula is C18H23FN2O4S. The molecule has 1 amide bonds. The summed E-state index contributed by atoms with van der Waals surface area (Å²) in [6.07, 6.45) is 0.748. The van der Waals surface area contributed by atoms with Crippen molar-refractivity contribution in [3.05, 3.63) is 35.6 Å². The minimum atomic E-state index is -3.37. The number of morpholine rings is 1. The van der Waals surface area contributed by atoms with Gasteiger partial charge >= 0.3 is 0 Å². The molecule has 3 saturated heterocycles. The fraction of sp³-hybridized carbons (Fsp3) is 0.611. The number of likely N-dealkylation sites (tertiary alicyclic amines) is 1. The van der Waals surface area contributed by atoms with Crippen molar-refractivity contribution in [3.8, 4) is 0 Å². The summed E-state index contributed by atoms with van der Waals surface area (Å²) in [5.41, 5.74) is -0.292. The Morgan fingerprint density at radius 3 is 2.85 bits per heavy atom. The molecule has 8 heteroatoms. The van der Waals surface area contributed by atoms with E-state index in [2.05, 4.69) is 0 Å². The van der Waals surface area contributed by atoms with Crippen molar-refractivity contribution in [2.45, 2.75) is 43.1 Å².